The second kappa shape index (κ2) is 6.60. The molecule has 0 amide bonds. The SMILES string of the molecule is CCOCC(N)c1noc(-c2ccc(Br)cc2Br)n1. The Morgan fingerprint density at radius 3 is 2.89 bits per heavy atom. The molecule has 2 rings (SSSR count). The summed E-state index contributed by atoms with van der Waals surface area (Å²) in [5, 5.41) is 3.89. The van der Waals surface area contributed by atoms with Crippen LogP contribution in [0, 0.1) is 0 Å². The molecule has 0 aliphatic heterocycles. The lowest BCUT2D eigenvalue weighted by atomic mass is 10.2. The van der Waals surface area contributed by atoms with Crippen LogP contribution in [0.25, 0.3) is 11.5 Å². The third-order valence-electron chi connectivity index (χ3n) is 2.44. The van der Waals surface area contributed by atoms with Crippen molar-refractivity contribution in [3.05, 3.63) is 33.0 Å². The molecule has 2 N–H and O–H groups in total. The summed E-state index contributed by atoms with van der Waals surface area (Å²) in [5.41, 5.74) is 6.73. The molecule has 1 aromatic carbocycles. The zero-order valence-electron chi connectivity index (χ0n) is 10.3. The Bertz CT molecular complexity index is 560. The predicted octanol–water partition coefficient (Wildman–Crippen LogP) is 3.30. The molecule has 102 valence electrons. The molecule has 0 radical (unpaired) electrons. The molecular formula is C12H13Br2N3O2. The first kappa shape index (κ1) is 14.6. The van der Waals surface area contributed by atoms with Crippen LogP contribution in [0.3, 0.4) is 0 Å². The fourth-order valence-corrected chi connectivity index (χ4v) is 2.69. The van der Waals surface area contributed by atoms with Crippen molar-refractivity contribution in [3.8, 4) is 11.5 Å². The topological polar surface area (TPSA) is 74.2 Å². The molecule has 0 bridgehead atoms. The van der Waals surface area contributed by atoms with Gasteiger partial charge in [-0.3, -0.25) is 0 Å². The quantitative estimate of drug-likeness (QED) is 0.847. The van der Waals surface area contributed by atoms with E-state index in [4.69, 9.17) is 15.0 Å². The number of benzene rings is 1. The highest BCUT2D eigenvalue weighted by Gasteiger charge is 2.17. The van der Waals surface area contributed by atoms with Gasteiger partial charge in [0.05, 0.1) is 18.2 Å². The smallest absolute Gasteiger partial charge is 0.259 e. The molecule has 0 spiro atoms. The van der Waals surface area contributed by atoms with Crippen LogP contribution >= 0.6 is 31.9 Å². The summed E-state index contributed by atoms with van der Waals surface area (Å²) in [7, 11) is 0. The van der Waals surface area contributed by atoms with Crippen LogP contribution in [0.15, 0.2) is 31.7 Å². The fourth-order valence-electron chi connectivity index (χ4n) is 1.48. The summed E-state index contributed by atoms with van der Waals surface area (Å²) in [5.74, 6) is 0.875. The average molecular weight is 391 g/mol. The van der Waals surface area contributed by atoms with E-state index in [0.29, 0.717) is 24.9 Å². The van der Waals surface area contributed by atoms with Gasteiger partial charge in [0.1, 0.15) is 0 Å². The Morgan fingerprint density at radius 2 is 2.21 bits per heavy atom. The number of nitrogens with zero attached hydrogens (tertiary/aromatic N) is 2. The minimum absolute atomic E-state index is 0.372. The molecule has 19 heavy (non-hydrogen) atoms. The molecule has 1 heterocycles. The number of nitrogens with two attached hydrogens (primary N) is 1. The zero-order valence-corrected chi connectivity index (χ0v) is 13.4. The molecule has 0 aliphatic carbocycles. The summed E-state index contributed by atoms with van der Waals surface area (Å²) in [4.78, 5) is 4.30. The fraction of sp³-hybridized carbons (Fsp3) is 0.333. The van der Waals surface area contributed by atoms with Gasteiger partial charge in [-0.05, 0) is 41.1 Å². The van der Waals surface area contributed by atoms with Crippen molar-refractivity contribution in [2.45, 2.75) is 13.0 Å². The number of hydrogen-bond acceptors (Lipinski definition) is 5. The van der Waals surface area contributed by atoms with Crippen LogP contribution < -0.4 is 5.73 Å². The average Bonchev–Trinajstić information content (AvgIpc) is 2.85. The van der Waals surface area contributed by atoms with Crippen LogP contribution in [0.4, 0.5) is 0 Å². The predicted molar refractivity (Wildman–Crippen MR) is 78.6 cm³/mol. The van der Waals surface area contributed by atoms with E-state index < -0.39 is 0 Å². The largest absolute Gasteiger partial charge is 0.380 e. The van der Waals surface area contributed by atoms with Crippen LogP contribution in [0.2, 0.25) is 0 Å². The van der Waals surface area contributed by atoms with Gasteiger partial charge in [-0.25, -0.2) is 0 Å². The van der Waals surface area contributed by atoms with E-state index >= 15 is 0 Å². The van der Waals surface area contributed by atoms with Crippen molar-refractivity contribution in [2.24, 2.45) is 5.73 Å². The van der Waals surface area contributed by atoms with Crippen molar-refractivity contribution < 1.29 is 9.26 Å². The van der Waals surface area contributed by atoms with E-state index in [1.54, 1.807) is 0 Å². The monoisotopic (exact) mass is 389 g/mol. The Morgan fingerprint density at radius 1 is 1.42 bits per heavy atom. The van der Waals surface area contributed by atoms with E-state index in [1.165, 1.54) is 0 Å². The van der Waals surface area contributed by atoms with Gasteiger partial charge < -0.3 is 15.0 Å². The van der Waals surface area contributed by atoms with Crippen LogP contribution in [0.1, 0.15) is 18.8 Å². The van der Waals surface area contributed by atoms with Crippen molar-refractivity contribution in [1.29, 1.82) is 0 Å². The van der Waals surface area contributed by atoms with Gasteiger partial charge in [0.15, 0.2) is 5.82 Å². The Balaban J connectivity index is 2.20. The van der Waals surface area contributed by atoms with Gasteiger partial charge in [0, 0.05) is 15.6 Å². The summed E-state index contributed by atoms with van der Waals surface area (Å²) < 4.78 is 12.3. The van der Waals surface area contributed by atoms with Gasteiger partial charge in [0.2, 0.25) is 0 Å². The number of ether oxygens (including phenoxy) is 1. The molecular weight excluding hydrogens is 378 g/mol. The summed E-state index contributed by atoms with van der Waals surface area (Å²) >= 11 is 6.85. The molecule has 0 saturated heterocycles. The Labute approximate surface area is 127 Å². The first-order chi connectivity index (χ1) is 9.11. The van der Waals surface area contributed by atoms with Crippen LogP contribution in [-0.2, 0) is 4.74 Å². The molecule has 2 aromatic rings. The maximum atomic E-state index is 5.91. The van der Waals surface area contributed by atoms with Crippen molar-refractivity contribution >= 4 is 31.9 Å². The molecule has 0 fully saturated rings. The van der Waals surface area contributed by atoms with Gasteiger partial charge >= 0.3 is 0 Å². The third kappa shape index (κ3) is 3.62. The van der Waals surface area contributed by atoms with Crippen molar-refractivity contribution in [2.75, 3.05) is 13.2 Å². The molecule has 5 nitrogen and oxygen atoms in total. The molecule has 0 aliphatic rings. The number of halogens is 2. The van der Waals surface area contributed by atoms with E-state index in [0.717, 1.165) is 14.5 Å². The van der Waals surface area contributed by atoms with Gasteiger partial charge in [0.25, 0.3) is 5.89 Å². The highest BCUT2D eigenvalue weighted by Crippen LogP contribution is 2.30. The number of hydrogen-bond donors (Lipinski definition) is 1. The Kier molecular flexibility index (Phi) is 5.09. The van der Waals surface area contributed by atoms with Crippen molar-refractivity contribution in [3.63, 3.8) is 0 Å². The maximum Gasteiger partial charge on any atom is 0.259 e. The lowest BCUT2D eigenvalue weighted by Gasteiger charge is -2.05. The molecule has 7 heteroatoms. The number of rotatable bonds is 5. The normalized spacial score (nSPS) is 12.6. The second-order valence-corrected chi connectivity index (χ2v) is 5.62. The van der Waals surface area contributed by atoms with Crippen LogP contribution in [-0.4, -0.2) is 23.4 Å². The number of aromatic nitrogens is 2. The van der Waals surface area contributed by atoms with E-state index in [2.05, 4.69) is 42.0 Å². The summed E-state index contributed by atoms with van der Waals surface area (Å²) in [6, 6.07) is 5.33. The molecule has 1 unspecified atom stereocenters. The minimum atomic E-state index is -0.383. The summed E-state index contributed by atoms with van der Waals surface area (Å²) in [6.45, 7) is 2.89. The van der Waals surface area contributed by atoms with Gasteiger partial charge in [-0.2, -0.15) is 4.98 Å². The van der Waals surface area contributed by atoms with E-state index in [-0.39, 0.29) is 6.04 Å². The standard InChI is InChI=1S/C12H13Br2N3O2/c1-2-18-6-10(15)11-16-12(19-17-11)8-4-3-7(13)5-9(8)14/h3-5,10H,2,6,15H2,1H3. The van der Waals surface area contributed by atoms with E-state index in [9.17, 15) is 0 Å². The maximum absolute atomic E-state index is 5.91. The third-order valence-corrected chi connectivity index (χ3v) is 3.59. The Hall–Kier alpha value is -0.760. The first-order valence-electron chi connectivity index (χ1n) is 5.74. The lowest BCUT2D eigenvalue weighted by Crippen LogP contribution is -2.18. The second-order valence-electron chi connectivity index (χ2n) is 3.85. The van der Waals surface area contributed by atoms with Crippen LogP contribution in [0.5, 0.6) is 0 Å². The molecule has 1 aromatic heterocycles. The van der Waals surface area contributed by atoms with Crippen molar-refractivity contribution in [1.82, 2.24) is 10.1 Å². The van der Waals surface area contributed by atoms with Gasteiger partial charge in [-0.15, -0.1) is 0 Å². The highest BCUT2D eigenvalue weighted by molar-refractivity contribution is 9.11. The molecule has 1 atom stereocenters. The summed E-state index contributed by atoms with van der Waals surface area (Å²) in [6.07, 6.45) is 0. The van der Waals surface area contributed by atoms with Gasteiger partial charge in [-0.1, -0.05) is 21.1 Å². The molecule has 0 saturated carbocycles. The lowest BCUT2D eigenvalue weighted by molar-refractivity contribution is 0.130. The van der Waals surface area contributed by atoms with E-state index in [1.807, 2.05) is 25.1 Å². The minimum Gasteiger partial charge on any atom is -0.380 e. The highest BCUT2D eigenvalue weighted by atomic mass is 79.9. The first-order valence-corrected chi connectivity index (χ1v) is 7.32. The zero-order chi connectivity index (χ0) is 13.8.